The number of nitrogens with zero attached hydrogens (tertiary/aromatic N) is 2. The molecule has 0 N–H and O–H groups in total. The maximum Gasteiger partial charge on any atom is 0.101 e. The molecule has 17 heavy (non-hydrogen) atoms. The van der Waals surface area contributed by atoms with Gasteiger partial charge in [-0.15, -0.1) is 0 Å². The first-order chi connectivity index (χ1) is 8.12. The zero-order valence-corrected chi connectivity index (χ0v) is 12.3. The number of rotatable bonds is 5. The molecule has 0 saturated heterocycles. The summed E-state index contributed by atoms with van der Waals surface area (Å²) in [5.74, 6) is 0.641. The number of alkyl halides is 1. The number of benzene rings is 1. The topological polar surface area (TPSA) is 27.0 Å². The highest BCUT2D eigenvalue weighted by atomic mass is 79.9. The van der Waals surface area contributed by atoms with Gasteiger partial charge in [0.05, 0.1) is 11.3 Å². The molecule has 1 rings (SSSR count). The summed E-state index contributed by atoms with van der Waals surface area (Å²) in [6, 6.07) is 8.34. The second-order valence-corrected chi connectivity index (χ2v) is 5.05. The minimum Gasteiger partial charge on any atom is -0.373 e. The predicted molar refractivity (Wildman–Crippen MR) is 76.5 cm³/mol. The summed E-state index contributed by atoms with van der Waals surface area (Å²) in [5.41, 5.74) is 2.92. The number of nitriles is 1. The van der Waals surface area contributed by atoms with Crippen LogP contribution < -0.4 is 4.90 Å². The van der Waals surface area contributed by atoms with E-state index in [1.165, 1.54) is 0 Å². The fourth-order valence-corrected chi connectivity index (χ4v) is 2.13. The third kappa shape index (κ3) is 3.74. The summed E-state index contributed by atoms with van der Waals surface area (Å²) in [5, 5.41) is 9.98. The summed E-state index contributed by atoms with van der Waals surface area (Å²) in [7, 11) is 2.05. The molecule has 0 heterocycles. The van der Waals surface area contributed by atoms with Crippen LogP contribution in [0.3, 0.4) is 0 Å². The fourth-order valence-electron chi connectivity index (χ4n) is 1.78. The highest BCUT2D eigenvalue weighted by molar-refractivity contribution is 9.08. The van der Waals surface area contributed by atoms with Gasteiger partial charge in [0.15, 0.2) is 0 Å². The molecule has 0 amide bonds. The Kier molecular flexibility index (Phi) is 5.50. The normalized spacial score (nSPS) is 11.9. The van der Waals surface area contributed by atoms with E-state index in [9.17, 15) is 5.26 Å². The summed E-state index contributed by atoms with van der Waals surface area (Å²) < 4.78 is 0. The molecule has 3 heteroatoms. The first-order valence-corrected chi connectivity index (χ1v) is 7.04. The van der Waals surface area contributed by atoms with Crippen molar-refractivity contribution in [1.29, 1.82) is 5.26 Å². The van der Waals surface area contributed by atoms with Crippen molar-refractivity contribution in [1.82, 2.24) is 0 Å². The molecule has 92 valence electrons. The van der Waals surface area contributed by atoms with Gasteiger partial charge in [0.1, 0.15) is 6.07 Å². The maximum atomic E-state index is 9.19. The van der Waals surface area contributed by atoms with Crippen molar-refractivity contribution in [3.63, 3.8) is 0 Å². The van der Waals surface area contributed by atoms with Crippen molar-refractivity contribution in [3.8, 4) is 6.07 Å². The molecule has 0 spiro atoms. The van der Waals surface area contributed by atoms with Crippen LogP contribution in [-0.4, -0.2) is 13.6 Å². The van der Waals surface area contributed by atoms with Gasteiger partial charge >= 0.3 is 0 Å². The molecule has 2 nitrogen and oxygen atoms in total. The smallest absolute Gasteiger partial charge is 0.101 e. The van der Waals surface area contributed by atoms with E-state index in [0.717, 1.165) is 35.1 Å². The van der Waals surface area contributed by atoms with E-state index in [-0.39, 0.29) is 0 Å². The van der Waals surface area contributed by atoms with Gasteiger partial charge in [0.2, 0.25) is 0 Å². The largest absolute Gasteiger partial charge is 0.373 e. The van der Waals surface area contributed by atoms with Gasteiger partial charge in [0, 0.05) is 18.9 Å². The average Bonchev–Trinajstić information content (AvgIpc) is 2.37. The first kappa shape index (κ1) is 14.1. The molecule has 0 aliphatic rings. The van der Waals surface area contributed by atoms with E-state index in [0.29, 0.717) is 5.92 Å². The second-order valence-electron chi connectivity index (χ2n) is 4.49. The maximum absolute atomic E-state index is 9.19. The molecule has 0 aliphatic heterocycles. The van der Waals surface area contributed by atoms with Crippen LogP contribution in [0.2, 0.25) is 0 Å². The lowest BCUT2D eigenvalue weighted by Gasteiger charge is -2.24. The summed E-state index contributed by atoms with van der Waals surface area (Å²) in [6.07, 6.45) is 1.16. The van der Waals surface area contributed by atoms with Crippen LogP contribution in [-0.2, 0) is 5.33 Å². The molecular formula is C14H19BrN2. The van der Waals surface area contributed by atoms with Crippen molar-refractivity contribution >= 4 is 21.6 Å². The van der Waals surface area contributed by atoms with Crippen LogP contribution in [0.15, 0.2) is 18.2 Å². The summed E-state index contributed by atoms with van der Waals surface area (Å²) >= 11 is 3.41. The van der Waals surface area contributed by atoms with Gasteiger partial charge in [0.25, 0.3) is 0 Å². The Hall–Kier alpha value is -1.01. The van der Waals surface area contributed by atoms with Gasteiger partial charge in [-0.25, -0.2) is 0 Å². The molecule has 1 atom stereocenters. The summed E-state index contributed by atoms with van der Waals surface area (Å²) in [6.45, 7) is 5.41. The van der Waals surface area contributed by atoms with E-state index < -0.39 is 0 Å². The van der Waals surface area contributed by atoms with Crippen molar-refractivity contribution in [2.45, 2.75) is 25.6 Å². The Morgan fingerprint density at radius 2 is 2.18 bits per heavy atom. The van der Waals surface area contributed by atoms with Crippen LogP contribution in [0.4, 0.5) is 5.69 Å². The average molecular weight is 295 g/mol. The number of anilines is 1. The van der Waals surface area contributed by atoms with Crippen LogP contribution in [0.25, 0.3) is 0 Å². The molecule has 0 aliphatic carbocycles. The SMILES string of the molecule is CCC(C)CN(C)c1ccc(CBr)cc1C#N. The standard InChI is InChI=1S/C14H19BrN2/c1-4-11(2)10-17(3)14-6-5-12(8-15)7-13(14)9-16/h5-7,11H,4,8,10H2,1-3H3. The highest BCUT2D eigenvalue weighted by Crippen LogP contribution is 2.22. The molecular weight excluding hydrogens is 276 g/mol. The van der Waals surface area contributed by atoms with Gasteiger partial charge in [-0.2, -0.15) is 5.26 Å². The molecule has 0 radical (unpaired) electrons. The lowest BCUT2D eigenvalue weighted by Crippen LogP contribution is -2.24. The zero-order valence-electron chi connectivity index (χ0n) is 10.7. The van der Waals surface area contributed by atoms with Gasteiger partial charge in [-0.3, -0.25) is 0 Å². The molecule has 0 fully saturated rings. The Morgan fingerprint density at radius 1 is 1.47 bits per heavy atom. The van der Waals surface area contributed by atoms with Crippen LogP contribution in [0.1, 0.15) is 31.4 Å². The van der Waals surface area contributed by atoms with E-state index in [1.54, 1.807) is 0 Å². The molecule has 0 saturated carbocycles. The number of halogens is 1. The minimum absolute atomic E-state index is 0.641. The Balaban J connectivity index is 2.93. The van der Waals surface area contributed by atoms with Crippen molar-refractivity contribution in [2.24, 2.45) is 5.92 Å². The quantitative estimate of drug-likeness (QED) is 0.769. The Bertz CT molecular complexity index is 409. The number of hydrogen-bond acceptors (Lipinski definition) is 2. The van der Waals surface area contributed by atoms with Crippen molar-refractivity contribution in [3.05, 3.63) is 29.3 Å². The van der Waals surface area contributed by atoms with E-state index in [1.807, 2.05) is 12.1 Å². The molecule has 1 aromatic carbocycles. The van der Waals surface area contributed by atoms with Gasteiger partial charge in [-0.05, 0) is 23.6 Å². The van der Waals surface area contributed by atoms with Gasteiger partial charge in [-0.1, -0.05) is 42.3 Å². The second kappa shape index (κ2) is 6.66. The molecule has 0 bridgehead atoms. The van der Waals surface area contributed by atoms with Crippen LogP contribution in [0, 0.1) is 17.2 Å². The molecule has 1 unspecified atom stereocenters. The lowest BCUT2D eigenvalue weighted by molar-refractivity contribution is 0.560. The monoisotopic (exact) mass is 294 g/mol. The van der Waals surface area contributed by atoms with Crippen molar-refractivity contribution < 1.29 is 0 Å². The molecule has 0 aromatic heterocycles. The third-order valence-corrected chi connectivity index (χ3v) is 3.68. The fraction of sp³-hybridized carbons (Fsp3) is 0.500. The lowest BCUT2D eigenvalue weighted by atomic mass is 10.1. The van der Waals surface area contributed by atoms with Crippen LogP contribution in [0.5, 0.6) is 0 Å². The van der Waals surface area contributed by atoms with Gasteiger partial charge < -0.3 is 4.90 Å². The molecule has 1 aromatic rings. The van der Waals surface area contributed by atoms with Crippen molar-refractivity contribution in [2.75, 3.05) is 18.5 Å². The van der Waals surface area contributed by atoms with Crippen LogP contribution >= 0.6 is 15.9 Å². The summed E-state index contributed by atoms with van der Waals surface area (Å²) in [4.78, 5) is 2.17. The predicted octanol–water partition coefficient (Wildman–Crippen LogP) is 3.94. The van der Waals surface area contributed by atoms with E-state index >= 15 is 0 Å². The first-order valence-electron chi connectivity index (χ1n) is 5.92. The minimum atomic E-state index is 0.641. The third-order valence-electron chi connectivity index (χ3n) is 3.03. The highest BCUT2D eigenvalue weighted by Gasteiger charge is 2.10. The Labute approximate surface area is 112 Å². The van der Waals surface area contributed by atoms with E-state index in [4.69, 9.17) is 0 Å². The Morgan fingerprint density at radius 3 is 2.71 bits per heavy atom. The van der Waals surface area contributed by atoms with E-state index in [2.05, 4.69) is 53.9 Å². The zero-order chi connectivity index (χ0) is 12.8. The number of hydrogen-bond donors (Lipinski definition) is 0.